The van der Waals surface area contributed by atoms with Crippen LogP contribution in [-0.2, 0) is 0 Å². The van der Waals surface area contributed by atoms with Crippen LogP contribution < -0.4 is 5.32 Å². The summed E-state index contributed by atoms with van der Waals surface area (Å²) in [5, 5.41) is 14.8. The number of hydrogen-bond donors (Lipinski definition) is 1. The Morgan fingerprint density at radius 3 is 2.62 bits per heavy atom. The lowest BCUT2D eigenvalue weighted by Gasteiger charge is -1.98. The average Bonchev–Trinajstić information content (AvgIpc) is 3.06. The van der Waals surface area contributed by atoms with Gasteiger partial charge in [0.15, 0.2) is 11.5 Å². The molecule has 0 radical (unpaired) electrons. The van der Waals surface area contributed by atoms with Crippen molar-refractivity contribution in [2.45, 2.75) is 13.8 Å². The normalized spacial score (nSPS) is 10.6. The summed E-state index contributed by atoms with van der Waals surface area (Å²) in [7, 11) is 0. The van der Waals surface area contributed by atoms with Gasteiger partial charge >= 0.3 is 0 Å². The first kappa shape index (κ1) is 13.0. The predicted octanol–water partition coefficient (Wildman–Crippen LogP) is 2.12. The number of hydrogen-bond acceptors (Lipinski definition) is 5. The minimum absolute atomic E-state index is 0.250. The highest BCUT2D eigenvalue weighted by molar-refractivity contribution is 6.02. The van der Waals surface area contributed by atoms with E-state index in [-0.39, 0.29) is 11.6 Å². The summed E-state index contributed by atoms with van der Waals surface area (Å²) in [5.74, 6) is 0.601. The maximum absolute atomic E-state index is 12.2. The molecule has 1 N–H and O–H groups in total. The van der Waals surface area contributed by atoms with Gasteiger partial charge in [0.25, 0.3) is 5.91 Å². The van der Waals surface area contributed by atoms with Crippen molar-refractivity contribution >= 4 is 11.7 Å². The molecule has 0 bridgehead atoms. The molecule has 2 heterocycles. The first-order valence-corrected chi connectivity index (χ1v) is 6.37. The zero-order valence-electron chi connectivity index (χ0n) is 11.6. The summed E-state index contributed by atoms with van der Waals surface area (Å²) in [6.45, 7) is 3.48. The number of anilines is 1. The van der Waals surface area contributed by atoms with Crippen molar-refractivity contribution in [2.24, 2.45) is 0 Å². The van der Waals surface area contributed by atoms with Crippen molar-refractivity contribution in [2.75, 3.05) is 5.32 Å². The second-order valence-corrected chi connectivity index (χ2v) is 4.54. The van der Waals surface area contributed by atoms with Crippen molar-refractivity contribution < 1.29 is 9.32 Å². The van der Waals surface area contributed by atoms with Gasteiger partial charge in [0.05, 0.1) is 11.4 Å². The average molecular weight is 283 g/mol. The lowest BCUT2D eigenvalue weighted by molar-refractivity contribution is 0.102. The van der Waals surface area contributed by atoms with E-state index in [0.717, 1.165) is 5.69 Å². The van der Waals surface area contributed by atoms with Crippen molar-refractivity contribution in [1.29, 1.82) is 0 Å². The van der Waals surface area contributed by atoms with Crippen LogP contribution in [0.1, 0.15) is 21.9 Å². The molecule has 0 unspecified atom stereocenters. The number of para-hydroxylation sites is 1. The van der Waals surface area contributed by atoms with Gasteiger partial charge in [-0.15, -0.1) is 5.10 Å². The molecule has 2 aromatic heterocycles. The van der Waals surface area contributed by atoms with Gasteiger partial charge in [-0.1, -0.05) is 23.4 Å². The number of aromatic nitrogens is 4. The molecule has 3 aromatic rings. The molecule has 0 spiro atoms. The van der Waals surface area contributed by atoms with E-state index < -0.39 is 0 Å². The Hall–Kier alpha value is -2.96. The Morgan fingerprint density at radius 1 is 1.19 bits per heavy atom. The van der Waals surface area contributed by atoms with E-state index in [1.54, 1.807) is 19.9 Å². The molecule has 0 aliphatic carbocycles. The largest absolute Gasteiger partial charge is 0.360 e. The smallest absolute Gasteiger partial charge is 0.279 e. The number of carbonyl (C=O) groups is 1. The van der Waals surface area contributed by atoms with Gasteiger partial charge in [0.2, 0.25) is 0 Å². The molecular weight excluding hydrogens is 270 g/mol. The molecule has 0 saturated heterocycles. The molecule has 106 valence electrons. The number of nitrogens with one attached hydrogen (secondary N) is 1. The third kappa shape index (κ3) is 2.66. The standard InChI is InChI=1S/C14H13N5O2/c1-9-8-12(18-21-9)15-14(20)13-10(2)16-19(17-13)11-6-4-3-5-7-11/h3-8H,1-2H3,(H,15,18,20). The van der Waals surface area contributed by atoms with Crippen LogP contribution in [0.25, 0.3) is 5.69 Å². The summed E-state index contributed by atoms with van der Waals surface area (Å²) < 4.78 is 4.90. The SMILES string of the molecule is Cc1cc(NC(=O)c2nn(-c3ccccc3)nc2C)no1. The van der Waals surface area contributed by atoms with Crippen molar-refractivity contribution in [3.8, 4) is 5.69 Å². The molecule has 0 saturated carbocycles. The third-order valence-electron chi connectivity index (χ3n) is 2.85. The van der Waals surface area contributed by atoms with Crippen molar-refractivity contribution in [1.82, 2.24) is 20.2 Å². The maximum atomic E-state index is 12.2. The van der Waals surface area contributed by atoms with Gasteiger partial charge in [0, 0.05) is 6.07 Å². The Morgan fingerprint density at radius 2 is 1.95 bits per heavy atom. The van der Waals surface area contributed by atoms with Crippen LogP contribution >= 0.6 is 0 Å². The molecule has 3 rings (SSSR count). The highest BCUT2D eigenvalue weighted by Gasteiger charge is 2.17. The van der Waals surface area contributed by atoms with E-state index >= 15 is 0 Å². The molecule has 0 aliphatic rings. The van der Waals surface area contributed by atoms with Crippen LogP contribution in [0.5, 0.6) is 0 Å². The van der Waals surface area contributed by atoms with Gasteiger partial charge in [-0.05, 0) is 26.0 Å². The van der Waals surface area contributed by atoms with Crippen LogP contribution in [0.3, 0.4) is 0 Å². The predicted molar refractivity (Wildman–Crippen MR) is 75.3 cm³/mol. The topological polar surface area (TPSA) is 85.8 Å². The van der Waals surface area contributed by atoms with Gasteiger partial charge < -0.3 is 9.84 Å². The van der Waals surface area contributed by atoms with Gasteiger partial charge in [-0.25, -0.2) is 0 Å². The fourth-order valence-electron chi connectivity index (χ4n) is 1.87. The van der Waals surface area contributed by atoms with E-state index in [1.165, 1.54) is 4.80 Å². The second kappa shape index (κ2) is 5.20. The van der Waals surface area contributed by atoms with Gasteiger partial charge in [-0.3, -0.25) is 4.79 Å². The summed E-state index contributed by atoms with van der Waals surface area (Å²) >= 11 is 0. The molecule has 1 aromatic carbocycles. The molecule has 1 amide bonds. The van der Waals surface area contributed by atoms with Crippen molar-refractivity contribution in [3.63, 3.8) is 0 Å². The molecule has 0 atom stereocenters. The summed E-state index contributed by atoms with van der Waals surface area (Å²) in [6, 6.07) is 11.0. The Kier molecular flexibility index (Phi) is 3.23. The highest BCUT2D eigenvalue weighted by Crippen LogP contribution is 2.12. The van der Waals surface area contributed by atoms with Crippen LogP contribution in [-0.4, -0.2) is 26.1 Å². The zero-order valence-corrected chi connectivity index (χ0v) is 11.6. The third-order valence-corrected chi connectivity index (χ3v) is 2.85. The summed E-state index contributed by atoms with van der Waals surface area (Å²) in [6.07, 6.45) is 0. The van der Waals surface area contributed by atoms with Crippen LogP contribution in [0, 0.1) is 13.8 Å². The minimum Gasteiger partial charge on any atom is -0.360 e. The summed E-state index contributed by atoms with van der Waals surface area (Å²) in [4.78, 5) is 13.6. The van der Waals surface area contributed by atoms with E-state index in [4.69, 9.17) is 4.52 Å². The number of aryl methyl sites for hydroxylation is 2. The minimum atomic E-state index is -0.372. The molecule has 0 aliphatic heterocycles. The number of nitrogens with zero attached hydrogens (tertiary/aromatic N) is 4. The van der Waals surface area contributed by atoms with Crippen LogP contribution in [0.2, 0.25) is 0 Å². The van der Waals surface area contributed by atoms with Gasteiger partial charge in [-0.2, -0.15) is 9.90 Å². The van der Waals surface area contributed by atoms with E-state index in [9.17, 15) is 4.79 Å². The molecule has 0 fully saturated rings. The maximum Gasteiger partial charge on any atom is 0.279 e. The molecule has 21 heavy (non-hydrogen) atoms. The first-order valence-electron chi connectivity index (χ1n) is 6.37. The lowest BCUT2D eigenvalue weighted by atomic mass is 10.3. The van der Waals surface area contributed by atoms with E-state index in [0.29, 0.717) is 17.3 Å². The van der Waals surface area contributed by atoms with Crippen LogP contribution in [0.15, 0.2) is 40.9 Å². The zero-order chi connectivity index (χ0) is 14.8. The molecular formula is C14H13N5O2. The Labute approximate surface area is 120 Å². The Bertz CT molecular complexity index is 776. The molecule has 7 nitrogen and oxygen atoms in total. The monoisotopic (exact) mass is 283 g/mol. The van der Waals surface area contributed by atoms with Crippen molar-refractivity contribution in [3.05, 3.63) is 53.5 Å². The van der Waals surface area contributed by atoms with E-state index in [2.05, 4.69) is 20.7 Å². The molecule has 7 heteroatoms. The first-order chi connectivity index (χ1) is 10.1. The number of benzene rings is 1. The fraction of sp³-hybridized carbons (Fsp3) is 0.143. The number of amides is 1. The van der Waals surface area contributed by atoms with Gasteiger partial charge in [0.1, 0.15) is 5.76 Å². The Balaban J connectivity index is 1.86. The number of carbonyl (C=O) groups excluding carboxylic acids is 1. The van der Waals surface area contributed by atoms with Crippen LogP contribution in [0.4, 0.5) is 5.82 Å². The quantitative estimate of drug-likeness (QED) is 0.795. The summed E-state index contributed by atoms with van der Waals surface area (Å²) in [5.41, 5.74) is 1.58. The fourth-order valence-corrected chi connectivity index (χ4v) is 1.87. The lowest BCUT2D eigenvalue weighted by Crippen LogP contribution is -2.14. The van der Waals surface area contributed by atoms with E-state index in [1.807, 2.05) is 30.3 Å². The highest BCUT2D eigenvalue weighted by atomic mass is 16.5. The second-order valence-electron chi connectivity index (χ2n) is 4.54. The number of rotatable bonds is 3.